The molecule has 0 bridgehead atoms. The maximum atomic E-state index is 10.7. The number of carboxylic acid groups (broad SMARTS) is 1. The predicted octanol–water partition coefficient (Wildman–Crippen LogP) is 2.71. The molecule has 1 N–H and O–H groups in total. The Bertz CT molecular complexity index is 623. The molecule has 0 aliphatic carbocycles. The topological polar surface area (TPSA) is 81.8 Å². The molecule has 0 saturated carbocycles. The second-order valence-electron chi connectivity index (χ2n) is 3.54. The average molecular weight is 284 g/mol. The maximum Gasteiger partial charge on any atom is 0.374 e. The van der Waals surface area contributed by atoms with Gasteiger partial charge in [-0.25, -0.2) is 4.79 Å². The fraction of sp³-hybridized carbons (Fsp3) is 0.167. The highest BCUT2D eigenvalue weighted by Crippen LogP contribution is 2.41. The van der Waals surface area contributed by atoms with Crippen LogP contribution >= 0.6 is 11.6 Å². The third-order valence-corrected chi connectivity index (χ3v) is 2.86. The molecule has 19 heavy (non-hydrogen) atoms. The lowest BCUT2D eigenvalue weighted by Crippen LogP contribution is -1.93. The first-order chi connectivity index (χ1) is 9.08. The van der Waals surface area contributed by atoms with E-state index < -0.39 is 5.97 Å². The number of hydrogen-bond donors (Lipinski definition) is 1. The molecule has 7 heteroatoms. The van der Waals surface area contributed by atoms with E-state index in [0.717, 1.165) is 0 Å². The zero-order valence-electron chi connectivity index (χ0n) is 10.1. The highest BCUT2D eigenvalue weighted by atomic mass is 35.5. The predicted molar refractivity (Wildman–Crippen MR) is 67.0 cm³/mol. The van der Waals surface area contributed by atoms with Gasteiger partial charge in [-0.15, -0.1) is 0 Å². The largest absolute Gasteiger partial charge is 0.493 e. The highest BCUT2D eigenvalue weighted by Gasteiger charge is 2.18. The zero-order chi connectivity index (χ0) is 14.0. The van der Waals surface area contributed by atoms with E-state index in [0.29, 0.717) is 22.8 Å². The van der Waals surface area contributed by atoms with Crippen molar-refractivity contribution in [3.63, 3.8) is 0 Å². The van der Waals surface area contributed by atoms with Crippen LogP contribution in [0.25, 0.3) is 11.3 Å². The van der Waals surface area contributed by atoms with Gasteiger partial charge in [0.2, 0.25) is 5.76 Å². The minimum absolute atomic E-state index is 0.263. The molecule has 0 atom stereocenters. The van der Waals surface area contributed by atoms with Crippen molar-refractivity contribution in [2.45, 2.75) is 0 Å². The molecule has 0 aliphatic heterocycles. The van der Waals surface area contributed by atoms with Crippen molar-refractivity contribution in [1.29, 1.82) is 0 Å². The van der Waals surface area contributed by atoms with Crippen LogP contribution in [0.2, 0.25) is 5.02 Å². The Morgan fingerprint density at radius 2 is 2.11 bits per heavy atom. The first kappa shape index (κ1) is 13.2. The van der Waals surface area contributed by atoms with Gasteiger partial charge in [-0.05, 0) is 12.1 Å². The van der Waals surface area contributed by atoms with Gasteiger partial charge in [0.1, 0.15) is 5.69 Å². The summed E-state index contributed by atoms with van der Waals surface area (Å²) >= 11 is 6.18. The molecule has 2 aromatic rings. The van der Waals surface area contributed by atoms with E-state index in [1.54, 1.807) is 12.1 Å². The smallest absolute Gasteiger partial charge is 0.374 e. The summed E-state index contributed by atoms with van der Waals surface area (Å²) in [6.45, 7) is 0. The molecule has 0 saturated heterocycles. The summed E-state index contributed by atoms with van der Waals surface area (Å²) in [5, 5.41) is 12.7. The summed E-state index contributed by atoms with van der Waals surface area (Å²) in [4.78, 5) is 10.7. The molecular weight excluding hydrogens is 274 g/mol. The summed E-state index contributed by atoms with van der Waals surface area (Å²) in [6, 6.07) is 4.58. The first-order valence-electron chi connectivity index (χ1n) is 5.19. The number of carbonyl (C=O) groups is 1. The molecular formula is C12H10ClNO5. The lowest BCUT2D eigenvalue weighted by atomic mass is 10.1. The molecule has 2 rings (SSSR count). The van der Waals surface area contributed by atoms with Gasteiger partial charge in [-0.3, -0.25) is 0 Å². The van der Waals surface area contributed by atoms with Crippen LogP contribution in [0.5, 0.6) is 11.5 Å². The highest BCUT2D eigenvalue weighted by molar-refractivity contribution is 6.35. The van der Waals surface area contributed by atoms with Crippen LogP contribution < -0.4 is 9.47 Å². The molecule has 0 spiro atoms. The molecule has 0 fully saturated rings. The summed E-state index contributed by atoms with van der Waals surface area (Å²) in [6.07, 6.45) is 0. The van der Waals surface area contributed by atoms with E-state index in [-0.39, 0.29) is 10.8 Å². The number of benzene rings is 1. The Kier molecular flexibility index (Phi) is 3.62. The van der Waals surface area contributed by atoms with Crippen LogP contribution in [0.1, 0.15) is 10.6 Å². The third kappa shape index (κ3) is 2.34. The lowest BCUT2D eigenvalue weighted by molar-refractivity contribution is 0.0652. The molecule has 6 nitrogen and oxygen atoms in total. The number of ether oxygens (including phenoxy) is 2. The van der Waals surface area contributed by atoms with E-state index in [1.807, 2.05) is 0 Å². The second kappa shape index (κ2) is 5.19. The summed E-state index contributed by atoms with van der Waals surface area (Å²) in [5.74, 6) is -0.643. The molecule has 0 radical (unpaired) electrons. The average Bonchev–Trinajstić information content (AvgIpc) is 2.87. The molecule has 1 aromatic heterocycles. The van der Waals surface area contributed by atoms with Gasteiger partial charge in [-0.2, -0.15) is 0 Å². The van der Waals surface area contributed by atoms with Crippen molar-refractivity contribution in [2.75, 3.05) is 14.2 Å². The summed E-state index contributed by atoms with van der Waals surface area (Å²) < 4.78 is 14.9. The molecule has 0 amide bonds. The number of halogens is 1. The van der Waals surface area contributed by atoms with Gasteiger partial charge in [-0.1, -0.05) is 16.8 Å². The van der Waals surface area contributed by atoms with Crippen LogP contribution in [-0.2, 0) is 0 Å². The fourth-order valence-electron chi connectivity index (χ4n) is 1.59. The Labute approximate surface area is 113 Å². The number of aromatic carboxylic acids is 1. The fourth-order valence-corrected chi connectivity index (χ4v) is 1.92. The van der Waals surface area contributed by atoms with E-state index in [1.165, 1.54) is 20.3 Å². The van der Waals surface area contributed by atoms with Crippen LogP contribution in [-0.4, -0.2) is 30.5 Å². The van der Waals surface area contributed by atoms with Crippen molar-refractivity contribution < 1.29 is 23.9 Å². The SMILES string of the molecule is COc1ccc(-c2cc(C(=O)O)on2)c(Cl)c1OC. The Morgan fingerprint density at radius 1 is 1.37 bits per heavy atom. The minimum atomic E-state index is -1.20. The monoisotopic (exact) mass is 283 g/mol. The Balaban J connectivity index is 2.53. The van der Waals surface area contributed by atoms with Crippen LogP contribution in [0.4, 0.5) is 0 Å². The standard InChI is InChI=1S/C12H10ClNO5/c1-17-8-4-3-6(10(13)11(8)18-2)7-5-9(12(15)16)19-14-7/h3-5H,1-2H3,(H,15,16). The minimum Gasteiger partial charge on any atom is -0.493 e. The van der Waals surface area contributed by atoms with Gasteiger partial charge < -0.3 is 19.1 Å². The van der Waals surface area contributed by atoms with Crippen LogP contribution in [0.3, 0.4) is 0 Å². The zero-order valence-corrected chi connectivity index (χ0v) is 10.9. The normalized spacial score (nSPS) is 10.3. The third-order valence-electron chi connectivity index (χ3n) is 2.48. The van der Waals surface area contributed by atoms with Crippen molar-refractivity contribution >= 4 is 17.6 Å². The Hall–Kier alpha value is -2.21. The number of hydrogen-bond acceptors (Lipinski definition) is 5. The molecule has 1 aromatic carbocycles. The lowest BCUT2D eigenvalue weighted by Gasteiger charge is -2.11. The van der Waals surface area contributed by atoms with E-state index >= 15 is 0 Å². The van der Waals surface area contributed by atoms with E-state index in [2.05, 4.69) is 9.68 Å². The molecule has 1 heterocycles. The van der Waals surface area contributed by atoms with Crippen molar-refractivity contribution in [1.82, 2.24) is 5.16 Å². The summed E-state index contributed by atoms with van der Waals surface area (Å²) in [5.41, 5.74) is 0.805. The summed E-state index contributed by atoms with van der Waals surface area (Å²) in [7, 11) is 2.95. The van der Waals surface area contributed by atoms with E-state index in [4.69, 9.17) is 26.2 Å². The van der Waals surface area contributed by atoms with Gasteiger partial charge in [0.15, 0.2) is 11.5 Å². The quantitative estimate of drug-likeness (QED) is 0.929. The number of methoxy groups -OCH3 is 2. The number of nitrogens with zero attached hydrogens (tertiary/aromatic N) is 1. The molecule has 0 aliphatic rings. The number of rotatable bonds is 4. The number of carboxylic acids is 1. The first-order valence-corrected chi connectivity index (χ1v) is 5.57. The van der Waals surface area contributed by atoms with Crippen LogP contribution in [0.15, 0.2) is 22.7 Å². The van der Waals surface area contributed by atoms with Gasteiger partial charge in [0.05, 0.1) is 19.2 Å². The van der Waals surface area contributed by atoms with Gasteiger partial charge in [0, 0.05) is 11.6 Å². The second-order valence-corrected chi connectivity index (χ2v) is 3.92. The Morgan fingerprint density at radius 3 is 2.63 bits per heavy atom. The van der Waals surface area contributed by atoms with Crippen molar-refractivity contribution in [2.24, 2.45) is 0 Å². The molecule has 100 valence electrons. The van der Waals surface area contributed by atoms with Crippen LogP contribution in [0, 0.1) is 0 Å². The maximum absolute atomic E-state index is 10.7. The molecule has 0 unspecified atom stereocenters. The number of aromatic nitrogens is 1. The van der Waals surface area contributed by atoms with Gasteiger partial charge >= 0.3 is 5.97 Å². The van der Waals surface area contributed by atoms with Gasteiger partial charge in [0.25, 0.3) is 0 Å². The van der Waals surface area contributed by atoms with E-state index in [9.17, 15) is 4.79 Å². The van der Waals surface area contributed by atoms with Crippen molar-refractivity contribution in [3.05, 3.63) is 29.0 Å². The van der Waals surface area contributed by atoms with Crippen molar-refractivity contribution in [3.8, 4) is 22.8 Å².